The third kappa shape index (κ3) is 4.17. The van der Waals surface area contributed by atoms with Gasteiger partial charge in [0.2, 0.25) is 11.8 Å². The molecule has 32 heavy (non-hydrogen) atoms. The van der Waals surface area contributed by atoms with Crippen molar-refractivity contribution in [2.45, 2.75) is 16.1 Å². The molecule has 4 rings (SSSR count). The van der Waals surface area contributed by atoms with E-state index in [9.17, 15) is 24.0 Å². The first kappa shape index (κ1) is 23.2. The van der Waals surface area contributed by atoms with Crippen LogP contribution in [0.25, 0.3) is 0 Å². The number of fused-ring (bicyclic) bond motifs is 5. The molecule has 1 saturated heterocycles. The number of hydrogen-bond donors (Lipinski definition) is 2. The smallest absolute Gasteiger partial charge is 0.326 e. The molecular formula is C20H18Br2ClN3O6. The van der Waals surface area contributed by atoms with Crippen molar-refractivity contribution in [1.29, 1.82) is 0 Å². The normalized spacial score (nSPS) is 30.3. The lowest BCUT2D eigenvalue weighted by Gasteiger charge is -2.28. The third-order valence-electron chi connectivity index (χ3n) is 6.15. The average molecular weight is 592 g/mol. The largest absolute Gasteiger partial charge is 0.454 e. The van der Waals surface area contributed by atoms with E-state index in [4.69, 9.17) is 16.3 Å². The van der Waals surface area contributed by atoms with Gasteiger partial charge in [-0.05, 0) is 42.5 Å². The summed E-state index contributed by atoms with van der Waals surface area (Å²) in [6.45, 7) is -1.23. The lowest BCUT2D eigenvalue weighted by molar-refractivity contribution is -0.155. The van der Waals surface area contributed by atoms with Gasteiger partial charge in [0.1, 0.15) is 6.54 Å². The minimum absolute atomic E-state index is 0.0434. The van der Waals surface area contributed by atoms with Gasteiger partial charge >= 0.3 is 5.97 Å². The maximum atomic E-state index is 12.8. The van der Waals surface area contributed by atoms with E-state index in [0.717, 1.165) is 11.3 Å². The van der Waals surface area contributed by atoms with Crippen molar-refractivity contribution >= 4 is 73.1 Å². The summed E-state index contributed by atoms with van der Waals surface area (Å²) in [4.78, 5) is 62.6. The number of imide groups is 1. The number of halogens is 3. The number of alkyl halides is 2. The van der Waals surface area contributed by atoms with E-state index in [2.05, 4.69) is 42.7 Å². The summed E-state index contributed by atoms with van der Waals surface area (Å²) in [6.07, 6.45) is 0.791. The lowest BCUT2D eigenvalue weighted by Crippen LogP contribution is -2.44. The molecular weight excluding hydrogens is 573 g/mol. The Morgan fingerprint density at radius 1 is 1.00 bits per heavy atom. The Balaban J connectivity index is 1.24. The van der Waals surface area contributed by atoms with E-state index in [1.54, 1.807) is 0 Å². The van der Waals surface area contributed by atoms with Crippen LogP contribution in [0.4, 0.5) is 0 Å². The molecule has 2 N–H and O–H groups in total. The van der Waals surface area contributed by atoms with E-state index in [-0.39, 0.29) is 38.9 Å². The first-order chi connectivity index (χ1) is 15.2. The van der Waals surface area contributed by atoms with Gasteiger partial charge < -0.3 is 4.74 Å². The van der Waals surface area contributed by atoms with Gasteiger partial charge in [-0.1, -0.05) is 43.5 Å². The first-order valence-corrected chi connectivity index (χ1v) is 12.0. The lowest BCUT2D eigenvalue weighted by atomic mass is 9.81. The highest BCUT2D eigenvalue weighted by molar-refractivity contribution is 9.12. The van der Waals surface area contributed by atoms with Crippen molar-refractivity contribution in [2.75, 3.05) is 13.2 Å². The Labute approximate surface area is 204 Å². The number of hydrazine groups is 1. The number of hydrogen-bond acceptors (Lipinski definition) is 6. The molecule has 3 fully saturated rings. The summed E-state index contributed by atoms with van der Waals surface area (Å²) in [6, 6.07) is 6.00. The summed E-state index contributed by atoms with van der Waals surface area (Å²) in [7, 11) is 0. The fraction of sp³-hybridized carbons (Fsp3) is 0.450. The van der Waals surface area contributed by atoms with Crippen LogP contribution in [0, 0.1) is 23.7 Å². The standard InChI is InChI=1S/C20H18Br2ClN3O6/c21-16-10-5-11(17(16)22)15-14(10)19(30)26(20(15)31)6-13(28)32-7-12(27)24-25-18(29)8-1-3-9(23)4-2-8/h1-4,10-11,14-17H,5-7H2,(H,24,27)(H,25,29)/t10-,11-,14-,15+,16+,17+/m1/s1. The number of benzene rings is 1. The second kappa shape index (κ2) is 9.11. The number of nitrogens with one attached hydrogen (secondary N) is 2. The Kier molecular flexibility index (Phi) is 6.60. The number of carbonyl (C=O) groups is 5. The van der Waals surface area contributed by atoms with Crippen molar-refractivity contribution in [3.63, 3.8) is 0 Å². The van der Waals surface area contributed by atoms with Crippen LogP contribution < -0.4 is 10.9 Å². The van der Waals surface area contributed by atoms with Gasteiger partial charge in [0.15, 0.2) is 6.61 Å². The molecule has 12 heteroatoms. The monoisotopic (exact) mass is 589 g/mol. The molecule has 0 unspecified atom stereocenters. The van der Waals surface area contributed by atoms with Crippen LogP contribution in [0.1, 0.15) is 16.8 Å². The molecule has 2 bridgehead atoms. The molecule has 0 aromatic heterocycles. The van der Waals surface area contributed by atoms with Crippen molar-refractivity contribution in [1.82, 2.24) is 15.8 Å². The molecule has 170 valence electrons. The Morgan fingerprint density at radius 3 is 2.12 bits per heavy atom. The highest BCUT2D eigenvalue weighted by atomic mass is 79.9. The van der Waals surface area contributed by atoms with E-state index in [1.165, 1.54) is 24.3 Å². The zero-order valence-corrected chi connectivity index (χ0v) is 20.4. The molecule has 9 nitrogen and oxygen atoms in total. The van der Waals surface area contributed by atoms with Crippen LogP contribution in [0.2, 0.25) is 5.02 Å². The summed E-state index contributed by atoms with van der Waals surface area (Å²) in [5.41, 5.74) is 4.57. The zero-order chi connectivity index (χ0) is 23.2. The second-order valence-corrected chi connectivity index (χ2v) is 10.5. The molecule has 3 aliphatic rings. The SMILES string of the molecule is O=C(COC(=O)CN1C(=O)[C@@H]2[C@H]3C[C@@H]([C@H](Br)[C@H]3Br)[C@@H]2C1=O)NNC(=O)c1ccc(Cl)cc1. The topological polar surface area (TPSA) is 122 Å². The van der Waals surface area contributed by atoms with Gasteiger partial charge in [-0.3, -0.25) is 39.7 Å². The number of ether oxygens (including phenoxy) is 1. The van der Waals surface area contributed by atoms with Gasteiger partial charge in [0, 0.05) is 20.2 Å². The van der Waals surface area contributed by atoms with Crippen molar-refractivity contribution < 1.29 is 28.7 Å². The van der Waals surface area contributed by atoms with Gasteiger partial charge in [-0.25, -0.2) is 0 Å². The highest BCUT2D eigenvalue weighted by Crippen LogP contribution is 2.60. The van der Waals surface area contributed by atoms with Crippen molar-refractivity contribution in [3.05, 3.63) is 34.9 Å². The van der Waals surface area contributed by atoms with Crippen molar-refractivity contribution in [3.8, 4) is 0 Å². The van der Waals surface area contributed by atoms with Crippen LogP contribution in [0.3, 0.4) is 0 Å². The predicted octanol–water partition coefficient (Wildman–Crippen LogP) is 1.42. The van der Waals surface area contributed by atoms with Crippen molar-refractivity contribution in [2.24, 2.45) is 23.7 Å². The number of esters is 1. The van der Waals surface area contributed by atoms with E-state index in [0.29, 0.717) is 5.02 Å². The predicted molar refractivity (Wildman–Crippen MR) is 119 cm³/mol. The number of rotatable bonds is 5. The van der Waals surface area contributed by atoms with Crippen LogP contribution in [0.15, 0.2) is 24.3 Å². The van der Waals surface area contributed by atoms with Gasteiger partial charge in [-0.15, -0.1) is 0 Å². The molecule has 1 aliphatic heterocycles. The van der Waals surface area contributed by atoms with Gasteiger partial charge in [0.05, 0.1) is 11.8 Å². The molecule has 2 aliphatic carbocycles. The molecule has 1 heterocycles. The number of likely N-dealkylation sites (tertiary alicyclic amines) is 1. The highest BCUT2D eigenvalue weighted by Gasteiger charge is 2.66. The number of carbonyl (C=O) groups excluding carboxylic acids is 5. The zero-order valence-electron chi connectivity index (χ0n) is 16.4. The summed E-state index contributed by atoms with van der Waals surface area (Å²) >= 11 is 12.9. The summed E-state index contributed by atoms with van der Waals surface area (Å²) in [5.74, 6) is -3.74. The quantitative estimate of drug-likeness (QED) is 0.231. The van der Waals surface area contributed by atoms with Crippen LogP contribution >= 0.6 is 43.5 Å². The molecule has 0 radical (unpaired) electrons. The second-order valence-electron chi connectivity index (χ2n) is 7.94. The Hall–Kier alpha value is -1.98. The summed E-state index contributed by atoms with van der Waals surface area (Å²) < 4.78 is 4.87. The number of nitrogens with zero attached hydrogens (tertiary/aromatic N) is 1. The molecule has 4 amide bonds. The molecule has 1 aromatic rings. The fourth-order valence-electron chi connectivity index (χ4n) is 4.72. The van der Waals surface area contributed by atoms with Gasteiger partial charge in [-0.2, -0.15) is 0 Å². The minimum Gasteiger partial charge on any atom is -0.454 e. The maximum absolute atomic E-state index is 12.8. The third-order valence-corrected chi connectivity index (χ3v) is 9.61. The molecule has 0 spiro atoms. The van der Waals surface area contributed by atoms with Crippen LogP contribution in [-0.2, 0) is 23.9 Å². The van der Waals surface area contributed by atoms with Crippen LogP contribution in [0.5, 0.6) is 0 Å². The maximum Gasteiger partial charge on any atom is 0.326 e. The summed E-state index contributed by atoms with van der Waals surface area (Å²) in [5, 5.41) is 0.461. The van der Waals surface area contributed by atoms with Gasteiger partial charge in [0.25, 0.3) is 11.8 Å². The Morgan fingerprint density at radius 2 is 1.56 bits per heavy atom. The average Bonchev–Trinajstić information content (AvgIpc) is 3.37. The first-order valence-electron chi connectivity index (χ1n) is 9.82. The van der Waals surface area contributed by atoms with E-state index >= 15 is 0 Å². The number of amides is 4. The van der Waals surface area contributed by atoms with Crippen LogP contribution in [-0.4, -0.2) is 57.3 Å². The molecule has 2 saturated carbocycles. The molecule has 1 aromatic carbocycles. The fourth-order valence-corrected chi connectivity index (χ4v) is 6.72. The molecule has 6 atom stereocenters. The van der Waals surface area contributed by atoms with E-state index in [1.807, 2.05) is 0 Å². The Bertz CT molecular complexity index is 958. The van der Waals surface area contributed by atoms with E-state index < -0.39 is 42.8 Å². The minimum atomic E-state index is -0.885.